The van der Waals surface area contributed by atoms with Gasteiger partial charge in [-0.2, -0.15) is 0 Å². The van der Waals surface area contributed by atoms with Crippen molar-refractivity contribution in [1.82, 2.24) is 0 Å². The van der Waals surface area contributed by atoms with Crippen LogP contribution in [0, 0.1) is 0 Å². The summed E-state index contributed by atoms with van der Waals surface area (Å²) >= 11 is 0. The van der Waals surface area contributed by atoms with E-state index in [0.717, 1.165) is 68.2 Å². The molecule has 8 aromatic rings. The van der Waals surface area contributed by atoms with Gasteiger partial charge in [-0.25, -0.2) is 0 Å². The first-order valence-corrected chi connectivity index (χ1v) is 18.5. The Morgan fingerprint density at radius 2 is 0.536 bits per heavy atom. The Bertz CT molecular complexity index is 2260. The van der Waals surface area contributed by atoms with Crippen molar-refractivity contribution in [3.8, 4) is 45.3 Å². The molecule has 6 heteroatoms. The van der Waals surface area contributed by atoms with Gasteiger partial charge in [0.05, 0.1) is 28.4 Å². The van der Waals surface area contributed by atoms with Crippen LogP contribution in [-0.2, 0) is 0 Å². The molecule has 0 heterocycles. The normalized spacial score (nSPS) is 10.9. The molecule has 0 bridgehead atoms. The summed E-state index contributed by atoms with van der Waals surface area (Å²) in [4.78, 5) is 4.47. The number of hydrogen-bond donors (Lipinski definition) is 0. The van der Waals surface area contributed by atoms with Crippen LogP contribution in [0.5, 0.6) is 23.0 Å². The second kappa shape index (κ2) is 16.0. The molecule has 276 valence electrons. The molecular formula is C50H42N2O4. The molecule has 0 N–H and O–H groups in total. The second-order valence-corrected chi connectivity index (χ2v) is 13.3. The number of ether oxygens (including phenoxy) is 4. The number of benzene rings is 8. The number of hydrogen-bond acceptors (Lipinski definition) is 6. The van der Waals surface area contributed by atoms with Gasteiger partial charge in [-0.1, -0.05) is 60.7 Å². The van der Waals surface area contributed by atoms with Gasteiger partial charge in [0, 0.05) is 34.1 Å². The molecule has 8 aromatic carbocycles. The smallest absolute Gasteiger partial charge is 0.119 e. The quantitative estimate of drug-likeness (QED) is 0.125. The fraction of sp³-hybridized carbons (Fsp3) is 0.0800. The molecule has 6 nitrogen and oxygen atoms in total. The Hall–Kier alpha value is -7.18. The molecule has 0 saturated heterocycles. The molecule has 0 aliphatic heterocycles. The lowest BCUT2D eigenvalue weighted by Gasteiger charge is -2.26. The molecule has 0 aliphatic rings. The summed E-state index contributed by atoms with van der Waals surface area (Å²) < 4.78 is 21.8. The lowest BCUT2D eigenvalue weighted by Crippen LogP contribution is -2.09. The summed E-state index contributed by atoms with van der Waals surface area (Å²) in [6.07, 6.45) is 0. The number of methoxy groups -OCH3 is 4. The van der Waals surface area contributed by atoms with Crippen LogP contribution in [0.3, 0.4) is 0 Å². The summed E-state index contributed by atoms with van der Waals surface area (Å²) in [5, 5.41) is 2.39. The molecule has 0 saturated carbocycles. The zero-order valence-corrected chi connectivity index (χ0v) is 31.8. The van der Waals surface area contributed by atoms with Gasteiger partial charge < -0.3 is 28.7 Å². The van der Waals surface area contributed by atoms with Gasteiger partial charge in [0.25, 0.3) is 0 Å². The van der Waals surface area contributed by atoms with Crippen LogP contribution >= 0.6 is 0 Å². The van der Waals surface area contributed by atoms with E-state index in [1.54, 1.807) is 28.4 Å². The van der Waals surface area contributed by atoms with Crippen LogP contribution in [0.1, 0.15) is 0 Å². The highest BCUT2D eigenvalue weighted by Crippen LogP contribution is 2.42. The van der Waals surface area contributed by atoms with E-state index in [2.05, 4.69) is 143 Å². The van der Waals surface area contributed by atoms with Crippen molar-refractivity contribution < 1.29 is 18.9 Å². The predicted molar refractivity (Wildman–Crippen MR) is 230 cm³/mol. The van der Waals surface area contributed by atoms with Gasteiger partial charge in [0.1, 0.15) is 23.0 Å². The highest BCUT2D eigenvalue weighted by atomic mass is 16.5. The van der Waals surface area contributed by atoms with Gasteiger partial charge in [-0.05, 0) is 154 Å². The zero-order chi connectivity index (χ0) is 38.4. The number of fused-ring (bicyclic) bond motifs is 1. The third-order valence-electron chi connectivity index (χ3n) is 10.1. The molecule has 0 unspecified atom stereocenters. The minimum absolute atomic E-state index is 0.812. The molecule has 0 aliphatic carbocycles. The minimum Gasteiger partial charge on any atom is -0.497 e. The molecule has 0 aromatic heterocycles. The molecular weight excluding hydrogens is 693 g/mol. The summed E-state index contributed by atoms with van der Waals surface area (Å²) in [7, 11) is 6.74. The van der Waals surface area contributed by atoms with Crippen molar-refractivity contribution >= 4 is 44.9 Å². The van der Waals surface area contributed by atoms with E-state index < -0.39 is 0 Å². The van der Waals surface area contributed by atoms with Crippen molar-refractivity contribution in [2.24, 2.45) is 0 Å². The van der Waals surface area contributed by atoms with E-state index >= 15 is 0 Å². The molecule has 0 amide bonds. The van der Waals surface area contributed by atoms with E-state index in [0.29, 0.717) is 0 Å². The molecule has 0 fully saturated rings. The van der Waals surface area contributed by atoms with Crippen molar-refractivity contribution in [2.75, 3.05) is 38.2 Å². The number of rotatable bonds is 12. The number of nitrogens with zero attached hydrogens (tertiary/aromatic N) is 2. The fourth-order valence-corrected chi connectivity index (χ4v) is 7.22. The standard InChI is InChI=1S/C50H42N2O4/c1-53-44-27-19-40(20-28-44)51(41-21-29-45(54-2)30-22-41)38-15-11-35(12-16-38)48-9-5-7-37-8-6-10-49(50(37)48)36-13-17-39(18-14-36)52(42-23-31-46(55-3)32-24-42)43-25-33-47(56-4)34-26-43/h5-34H,1-4H3. The fourth-order valence-electron chi connectivity index (χ4n) is 7.22. The predicted octanol–water partition coefficient (Wildman–Crippen LogP) is 13.1. The Kier molecular flexibility index (Phi) is 10.3. The van der Waals surface area contributed by atoms with Crippen molar-refractivity contribution in [2.45, 2.75) is 0 Å². The third-order valence-corrected chi connectivity index (χ3v) is 10.1. The van der Waals surface area contributed by atoms with E-state index in [4.69, 9.17) is 18.9 Å². The molecule has 56 heavy (non-hydrogen) atoms. The Balaban J connectivity index is 1.16. The van der Waals surface area contributed by atoms with Gasteiger partial charge in [0.2, 0.25) is 0 Å². The summed E-state index contributed by atoms with van der Waals surface area (Å²) in [6, 6.07) is 63.2. The summed E-state index contributed by atoms with van der Waals surface area (Å²) in [5.74, 6) is 3.25. The maximum absolute atomic E-state index is 5.45. The summed E-state index contributed by atoms with van der Waals surface area (Å²) in [6.45, 7) is 0. The highest BCUT2D eigenvalue weighted by Gasteiger charge is 2.17. The van der Waals surface area contributed by atoms with E-state index in [1.165, 1.54) is 21.9 Å². The Morgan fingerprint density at radius 1 is 0.286 bits per heavy atom. The Labute approximate surface area is 328 Å². The van der Waals surface area contributed by atoms with Crippen LogP contribution in [-0.4, -0.2) is 28.4 Å². The first-order chi connectivity index (χ1) is 27.6. The lowest BCUT2D eigenvalue weighted by atomic mass is 9.91. The SMILES string of the molecule is COc1ccc(N(c2ccc(OC)cc2)c2ccc(-c3cccc4cccc(-c5ccc(N(c6ccc(OC)cc6)c6ccc(OC)cc6)cc5)c34)cc2)cc1. The largest absolute Gasteiger partial charge is 0.497 e. The van der Waals surface area contributed by atoms with Crippen LogP contribution in [0.25, 0.3) is 33.0 Å². The number of anilines is 6. The van der Waals surface area contributed by atoms with E-state index in [9.17, 15) is 0 Å². The first-order valence-electron chi connectivity index (χ1n) is 18.5. The maximum atomic E-state index is 5.45. The minimum atomic E-state index is 0.812. The van der Waals surface area contributed by atoms with Gasteiger partial charge in [0.15, 0.2) is 0 Å². The monoisotopic (exact) mass is 734 g/mol. The van der Waals surface area contributed by atoms with Crippen molar-refractivity contribution in [3.05, 3.63) is 182 Å². The van der Waals surface area contributed by atoms with Crippen LogP contribution < -0.4 is 28.7 Å². The van der Waals surface area contributed by atoms with Gasteiger partial charge in [-0.3, -0.25) is 0 Å². The average molecular weight is 735 g/mol. The summed E-state index contributed by atoms with van der Waals surface area (Å²) in [5.41, 5.74) is 10.8. The molecule has 0 atom stereocenters. The van der Waals surface area contributed by atoms with Crippen molar-refractivity contribution in [3.63, 3.8) is 0 Å². The van der Waals surface area contributed by atoms with E-state index in [-0.39, 0.29) is 0 Å². The third kappa shape index (κ3) is 7.20. The van der Waals surface area contributed by atoms with Crippen molar-refractivity contribution in [1.29, 1.82) is 0 Å². The highest BCUT2D eigenvalue weighted by molar-refractivity contribution is 6.06. The molecule has 8 rings (SSSR count). The average Bonchev–Trinajstić information content (AvgIpc) is 3.27. The second-order valence-electron chi connectivity index (χ2n) is 13.3. The molecule has 0 spiro atoms. The lowest BCUT2D eigenvalue weighted by molar-refractivity contribution is 0.414. The zero-order valence-electron chi connectivity index (χ0n) is 31.8. The first kappa shape index (κ1) is 35.8. The maximum Gasteiger partial charge on any atom is 0.119 e. The van der Waals surface area contributed by atoms with Gasteiger partial charge in [-0.15, -0.1) is 0 Å². The van der Waals surface area contributed by atoms with E-state index in [1.807, 2.05) is 48.5 Å². The Morgan fingerprint density at radius 3 is 0.786 bits per heavy atom. The van der Waals surface area contributed by atoms with Gasteiger partial charge >= 0.3 is 0 Å². The topological polar surface area (TPSA) is 43.4 Å². The van der Waals surface area contributed by atoms with Crippen LogP contribution in [0.15, 0.2) is 182 Å². The van der Waals surface area contributed by atoms with Crippen LogP contribution in [0.4, 0.5) is 34.1 Å². The van der Waals surface area contributed by atoms with Crippen LogP contribution in [0.2, 0.25) is 0 Å². The molecule has 0 radical (unpaired) electrons.